The van der Waals surface area contributed by atoms with Gasteiger partial charge in [-0.05, 0) is 69.3 Å². The molecule has 9 heteroatoms. The molecule has 0 aliphatic carbocycles. The molecule has 35 heavy (non-hydrogen) atoms. The molecule has 2 saturated heterocycles. The van der Waals surface area contributed by atoms with Crippen LogP contribution >= 0.6 is 11.3 Å². The Kier molecular flexibility index (Phi) is 8.37. The van der Waals surface area contributed by atoms with Gasteiger partial charge in [0, 0.05) is 30.9 Å². The number of nitrogens with zero attached hydrogens (tertiary/aromatic N) is 3. The molecular weight excluding hydrogens is 473 g/mol. The minimum Gasteiger partial charge on any atom is -0.370 e. The highest BCUT2D eigenvalue weighted by Crippen LogP contribution is 2.37. The van der Waals surface area contributed by atoms with Crippen molar-refractivity contribution in [2.45, 2.75) is 64.5 Å². The number of piperidine rings is 1. The van der Waals surface area contributed by atoms with Gasteiger partial charge in [0.25, 0.3) is 5.91 Å². The first-order valence-electron chi connectivity index (χ1n) is 12.7. The van der Waals surface area contributed by atoms with E-state index in [1.54, 1.807) is 5.38 Å². The maximum atomic E-state index is 13.3. The average Bonchev–Trinajstić information content (AvgIpc) is 3.52. The molecule has 1 aromatic heterocycles. The summed E-state index contributed by atoms with van der Waals surface area (Å²) < 4.78 is 40.0. The van der Waals surface area contributed by atoms with E-state index in [9.17, 15) is 18.0 Å². The van der Waals surface area contributed by atoms with E-state index in [2.05, 4.69) is 29.0 Å². The van der Waals surface area contributed by atoms with Crippen molar-refractivity contribution < 1.29 is 18.0 Å². The molecule has 1 amide bonds. The van der Waals surface area contributed by atoms with Gasteiger partial charge in [-0.15, -0.1) is 11.3 Å². The number of aromatic nitrogens is 1. The number of halogens is 3. The minimum atomic E-state index is -4.47. The number of hydrogen-bond acceptors (Lipinski definition) is 5. The fourth-order valence-corrected chi connectivity index (χ4v) is 6.17. The number of nitrogens with one attached hydrogen (secondary N) is 1. The number of amides is 1. The summed E-state index contributed by atoms with van der Waals surface area (Å²) in [6, 6.07) is 3.58. The Morgan fingerprint density at radius 2 is 1.91 bits per heavy atom. The third-order valence-corrected chi connectivity index (χ3v) is 8.07. The van der Waals surface area contributed by atoms with Gasteiger partial charge in [-0.3, -0.25) is 4.79 Å². The van der Waals surface area contributed by atoms with Crippen molar-refractivity contribution in [1.82, 2.24) is 9.88 Å². The van der Waals surface area contributed by atoms with E-state index in [1.807, 2.05) is 4.90 Å². The Labute approximate surface area is 209 Å². The molecule has 0 saturated carbocycles. The zero-order valence-electron chi connectivity index (χ0n) is 20.5. The van der Waals surface area contributed by atoms with Crippen molar-refractivity contribution in [2.75, 3.05) is 42.9 Å². The normalized spacial score (nSPS) is 18.7. The van der Waals surface area contributed by atoms with Gasteiger partial charge in [0.1, 0.15) is 5.69 Å². The molecule has 2 aliphatic rings. The van der Waals surface area contributed by atoms with Crippen molar-refractivity contribution in [1.29, 1.82) is 0 Å². The van der Waals surface area contributed by atoms with E-state index in [-0.39, 0.29) is 11.4 Å². The highest BCUT2D eigenvalue weighted by Gasteiger charge is 2.32. The van der Waals surface area contributed by atoms with Crippen molar-refractivity contribution in [3.8, 4) is 0 Å². The summed E-state index contributed by atoms with van der Waals surface area (Å²) in [5.74, 6) is 0.569. The van der Waals surface area contributed by atoms with Gasteiger partial charge in [-0.2, -0.15) is 13.2 Å². The van der Waals surface area contributed by atoms with E-state index in [0.29, 0.717) is 17.5 Å². The quantitative estimate of drug-likeness (QED) is 0.435. The summed E-state index contributed by atoms with van der Waals surface area (Å²) in [5, 5.41) is 5.40. The summed E-state index contributed by atoms with van der Waals surface area (Å²) in [6.07, 6.45) is 1.98. The molecule has 1 unspecified atom stereocenters. The molecule has 2 fully saturated rings. The smallest absolute Gasteiger partial charge is 0.370 e. The number of benzene rings is 1. The molecular formula is C26H35F3N4OS. The van der Waals surface area contributed by atoms with Crippen LogP contribution in [0.25, 0.3) is 0 Å². The topological polar surface area (TPSA) is 48.5 Å². The zero-order chi connectivity index (χ0) is 25.0. The Morgan fingerprint density at radius 3 is 2.57 bits per heavy atom. The van der Waals surface area contributed by atoms with E-state index in [0.717, 1.165) is 75.5 Å². The maximum Gasteiger partial charge on any atom is 0.416 e. The number of alkyl halides is 3. The molecule has 2 aromatic rings. The van der Waals surface area contributed by atoms with Crippen molar-refractivity contribution in [2.24, 2.45) is 5.92 Å². The van der Waals surface area contributed by atoms with Crippen molar-refractivity contribution in [3.05, 3.63) is 39.8 Å². The number of thiazole rings is 1. The van der Waals surface area contributed by atoms with Crippen LogP contribution in [0.3, 0.4) is 0 Å². The summed E-state index contributed by atoms with van der Waals surface area (Å²) in [6.45, 7) is 9.25. The van der Waals surface area contributed by atoms with E-state index < -0.39 is 17.6 Å². The van der Waals surface area contributed by atoms with Gasteiger partial charge in [0.05, 0.1) is 21.9 Å². The van der Waals surface area contributed by atoms with Crippen LogP contribution in [0.2, 0.25) is 0 Å². The Balaban J connectivity index is 1.42. The molecule has 0 bridgehead atoms. The lowest BCUT2D eigenvalue weighted by Gasteiger charge is -2.32. The third-order valence-electron chi connectivity index (χ3n) is 7.06. The predicted octanol–water partition coefficient (Wildman–Crippen LogP) is 6.63. The molecule has 1 N–H and O–H groups in total. The Hall–Kier alpha value is -2.13. The molecule has 2 aliphatic heterocycles. The van der Waals surface area contributed by atoms with Crippen LogP contribution in [0.4, 0.5) is 24.5 Å². The molecule has 3 heterocycles. The molecule has 192 valence electrons. The van der Waals surface area contributed by atoms with Gasteiger partial charge in [0.15, 0.2) is 0 Å². The second-order valence-corrected chi connectivity index (χ2v) is 10.8. The van der Waals surface area contributed by atoms with Gasteiger partial charge in [-0.1, -0.05) is 20.3 Å². The molecule has 4 rings (SSSR count). The Morgan fingerprint density at radius 1 is 1.20 bits per heavy atom. The number of hydrogen-bond donors (Lipinski definition) is 1. The fraction of sp³-hybridized carbons (Fsp3) is 0.615. The highest BCUT2D eigenvalue weighted by atomic mass is 32.1. The molecule has 0 radical (unpaired) electrons. The summed E-state index contributed by atoms with van der Waals surface area (Å²) in [5.41, 5.74) is 0.322. The Bertz CT molecular complexity index is 995. The lowest BCUT2D eigenvalue weighted by Crippen LogP contribution is -2.36. The number of carbonyl (C=O) groups excluding carboxylic acids is 1. The van der Waals surface area contributed by atoms with Crippen LogP contribution in [0, 0.1) is 5.92 Å². The average molecular weight is 509 g/mol. The standard InChI is InChI=1S/C26H35F3N4OS/c1-3-6-18(2)16-32-13-9-19(10-14-32)25-31-22(17-35-25)24(34)30-21-15-20(26(27,28)29)7-8-23(21)33-11-4-5-12-33/h7-8,15,17-19H,3-6,9-14,16H2,1-2H3,(H,30,34). The van der Waals surface area contributed by atoms with E-state index in [1.165, 1.54) is 30.2 Å². The van der Waals surface area contributed by atoms with Crippen molar-refractivity contribution >= 4 is 28.6 Å². The fourth-order valence-electron chi connectivity index (χ4n) is 5.20. The summed E-state index contributed by atoms with van der Waals surface area (Å²) in [4.78, 5) is 22.1. The van der Waals surface area contributed by atoms with Crippen LogP contribution in [0.15, 0.2) is 23.6 Å². The zero-order valence-corrected chi connectivity index (χ0v) is 21.4. The maximum absolute atomic E-state index is 13.3. The second-order valence-electron chi connectivity index (χ2n) is 9.92. The van der Waals surface area contributed by atoms with Crippen LogP contribution in [0.1, 0.15) is 79.3 Å². The van der Waals surface area contributed by atoms with Gasteiger partial charge in [-0.25, -0.2) is 4.98 Å². The lowest BCUT2D eigenvalue weighted by atomic mass is 9.96. The number of rotatable bonds is 8. The van der Waals surface area contributed by atoms with Gasteiger partial charge in [0.2, 0.25) is 0 Å². The highest BCUT2D eigenvalue weighted by molar-refractivity contribution is 7.10. The monoisotopic (exact) mass is 508 g/mol. The van der Waals surface area contributed by atoms with Gasteiger partial charge >= 0.3 is 6.18 Å². The number of anilines is 2. The van der Waals surface area contributed by atoms with Crippen molar-refractivity contribution in [3.63, 3.8) is 0 Å². The number of carbonyl (C=O) groups is 1. The first-order valence-corrected chi connectivity index (χ1v) is 13.6. The second kappa shape index (κ2) is 11.3. The SMILES string of the molecule is CCCC(C)CN1CCC(c2nc(C(=O)Nc3cc(C(F)(F)F)ccc3N3CCCC3)cs2)CC1. The van der Waals surface area contributed by atoms with Crippen LogP contribution < -0.4 is 10.2 Å². The largest absolute Gasteiger partial charge is 0.416 e. The third kappa shape index (κ3) is 6.55. The summed E-state index contributed by atoms with van der Waals surface area (Å²) >= 11 is 1.47. The van der Waals surface area contributed by atoms with Gasteiger partial charge < -0.3 is 15.1 Å². The molecule has 1 atom stereocenters. The molecule has 5 nitrogen and oxygen atoms in total. The van der Waals surface area contributed by atoms with Crippen LogP contribution in [-0.4, -0.2) is 48.5 Å². The summed E-state index contributed by atoms with van der Waals surface area (Å²) in [7, 11) is 0. The van der Waals surface area contributed by atoms with Crippen LogP contribution in [-0.2, 0) is 6.18 Å². The predicted molar refractivity (Wildman–Crippen MR) is 135 cm³/mol. The van der Waals surface area contributed by atoms with E-state index in [4.69, 9.17) is 0 Å². The first-order chi connectivity index (χ1) is 16.7. The lowest BCUT2D eigenvalue weighted by molar-refractivity contribution is -0.137. The first kappa shape index (κ1) is 25.9. The van der Waals surface area contributed by atoms with Crippen LogP contribution in [0.5, 0.6) is 0 Å². The van der Waals surface area contributed by atoms with E-state index >= 15 is 0 Å². The molecule has 0 spiro atoms. The molecule has 1 aromatic carbocycles. The number of likely N-dealkylation sites (tertiary alicyclic amines) is 1. The minimum absolute atomic E-state index is 0.191.